The van der Waals surface area contributed by atoms with E-state index in [1.54, 1.807) is 0 Å². The topological polar surface area (TPSA) is 108 Å². The maximum Gasteiger partial charge on any atom is 0.275 e. The zero-order valence-electron chi connectivity index (χ0n) is 15.8. The molecule has 0 aliphatic heterocycles. The molecule has 2 rings (SSSR count). The number of carbonyl (C=O) groups excluding carboxylic acids is 3. The first-order valence-corrected chi connectivity index (χ1v) is 8.31. The molecule has 0 aromatic heterocycles. The highest BCUT2D eigenvalue weighted by Gasteiger charge is 2.33. The second-order valence-corrected chi connectivity index (χ2v) is 5.95. The molecule has 154 valence electrons. The monoisotopic (exact) mass is 407 g/mol. The van der Waals surface area contributed by atoms with Crippen LogP contribution in [0, 0.1) is 11.6 Å². The van der Waals surface area contributed by atoms with Crippen molar-refractivity contribution in [3.05, 3.63) is 53.6 Å². The Labute approximate surface area is 165 Å². The Hall–Kier alpha value is -3.53. The summed E-state index contributed by atoms with van der Waals surface area (Å²) in [6, 6.07) is 5.54. The molecule has 2 aromatic rings. The summed E-state index contributed by atoms with van der Waals surface area (Å²) in [7, 11) is 3.76. The minimum Gasteiger partial charge on any atom is -0.497 e. The average Bonchev–Trinajstić information content (AvgIpc) is 2.72. The van der Waals surface area contributed by atoms with E-state index in [0.29, 0.717) is 0 Å². The van der Waals surface area contributed by atoms with Gasteiger partial charge >= 0.3 is 0 Å². The Balaban J connectivity index is 2.37. The van der Waals surface area contributed by atoms with Gasteiger partial charge < -0.3 is 15.0 Å². The lowest BCUT2D eigenvalue weighted by Crippen LogP contribution is -2.54. The van der Waals surface area contributed by atoms with Gasteiger partial charge in [0.1, 0.15) is 17.4 Å². The highest BCUT2D eigenvalue weighted by Crippen LogP contribution is 2.29. The van der Waals surface area contributed by atoms with Gasteiger partial charge in [-0.3, -0.25) is 19.6 Å². The minimum absolute atomic E-state index is 0.0291. The van der Waals surface area contributed by atoms with E-state index >= 15 is 0 Å². The van der Waals surface area contributed by atoms with E-state index in [9.17, 15) is 23.2 Å². The van der Waals surface area contributed by atoms with Crippen molar-refractivity contribution >= 4 is 17.7 Å². The largest absolute Gasteiger partial charge is 0.497 e. The third-order valence-electron chi connectivity index (χ3n) is 4.24. The first kappa shape index (κ1) is 21.8. The van der Waals surface area contributed by atoms with E-state index in [-0.39, 0.29) is 22.4 Å². The molecule has 0 saturated carbocycles. The lowest BCUT2D eigenvalue weighted by Gasteiger charge is -2.25. The van der Waals surface area contributed by atoms with Gasteiger partial charge in [-0.15, -0.1) is 0 Å². The van der Waals surface area contributed by atoms with Crippen LogP contribution in [0.4, 0.5) is 8.78 Å². The van der Waals surface area contributed by atoms with Gasteiger partial charge in [-0.25, -0.2) is 14.3 Å². The number of hydrogen-bond acceptors (Lipinski definition) is 5. The van der Waals surface area contributed by atoms with Gasteiger partial charge in [-0.05, 0) is 24.3 Å². The molecular weight excluding hydrogens is 388 g/mol. The summed E-state index contributed by atoms with van der Waals surface area (Å²) in [5, 5.41) is 11.0. The van der Waals surface area contributed by atoms with E-state index in [4.69, 9.17) is 9.94 Å². The molecule has 3 N–H and O–H groups in total. The SMILES string of the molecule is CNC(=O)C(C(=O)NO)N(C)C(=O)c1ccc(-c2ccc(OC)cc2F)c(F)c1. The number of ether oxygens (including phenoxy) is 1. The molecule has 0 aliphatic rings. The Morgan fingerprint density at radius 3 is 2.10 bits per heavy atom. The van der Waals surface area contributed by atoms with Gasteiger partial charge in [-0.2, -0.15) is 0 Å². The zero-order chi connectivity index (χ0) is 21.7. The number of nitrogens with one attached hydrogen (secondary N) is 2. The molecule has 0 aliphatic carbocycles. The smallest absolute Gasteiger partial charge is 0.275 e. The number of rotatable bonds is 6. The number of halogens is 2. The number of benzene rings is 2. The maximum absolute atomic E-state index is 14.6. The highest BCUT2D eigenvalue weighted by atomic mass is 19.1. The van der Waals surface area contributed by atoms with Crippen LogP contribution in [0.25, 0.3) is 11.1 Å². The van der Waals surface area contributed by atoms with Crippen LogP contribution in [0.5, 0.6) is 5.75 Å². The molecule has 0 heterocycles. The van der Waals surface area contributed by atoms with Gasteiger partial charge in [0.25, 0.3) is 17.7 Å². The summed E-state index contributed by atoms with van der Waals surface area (Å²) in [5.74, 6) is -4.18. The summed E-state index contributed by atoms with van der Waals surface area (Å²) >= 11 is 0. The molecule has 10 heteroatoms. The van der Waals surface area contributed by atoms with Crippen LogP contribution >= 0.6 is 0 Å². The number of methoxy groups -OCH3 is 1. The number of likely N-dealkylation sites (N-methyl/N-ethyl adjacent to an activating group) is 2. The molecule has 0 saturated heterocycles. The van der Waals surface area contributed by atoms with Crippen LogP contribution in [-0.2, 0) is 9.59 Å². The van der Waals surface area contributed by atoms with E-state index in [0.717, 1.165) is 24.1 Å². The van der Waals surface area contributed by atoms with Crippen LogP contribution < -0.4 is 15.5 Å². The van der Waals surface area contributed by atoms with Crippen LogP contribution in [0.2, 0.25) is 0 Å². The normalized spacial score (nSPS) is 11.4. The Kier molecular flexibility index (Phi) is 6.84. The maximum atomic E-state index is 14.6. The summed E-state index contributed by atoms with van der Waals surface area (Å²) < 4.78 is 33.7. The molecule has 1 unspecified atom stereocenters. The van der Waals surface area contributed by atoms with Crippen molar-refractivity contribution in [1.82, 2.24) is 15.7 Å². The fraction of sp³-hybridized carbons (Fsp3) is 0.211. The van der Waals surface area contributed by atoms with Crippen molar-refractivity contribution in [3.8, 4) is 16.9 Å². The predicted molar refractivity (Wildman–Crippen MR) is 98.2 cm³/mol. The van der Waals surface area contributed by atoms with E-state index in [1.165, 1.54) is 43.9 Å². The Morgan fingerprint density at radius 2 is 1.62 bits per heavy atom. The number of hydrogen-bond donors (Lipinski definition) is 3. The van der Waals surface area contributed by atoms with Gasteiger partial charge in [-0.1, -0.05) is 6.07 Å². The molecule has 3 amide bonds. The first-order chi connectivity index (χ1) is 13.7. The van der Waals surface area contributed by atoms with Crippen LogP contribution in [0.3, 0.4) is 0 Å². The second-order valence-electron chi connectivity index (χ2n) is 5.95. The Morgan fingerprint density at radius 1 is 1.03 bits per heavy atom. The highest BCUT2D eigenvalue weighted by molar-refractivity contribution is 6.08. The number of hydroxylamine groups is 1. The summed E-state index contributed by atoms with van der Waals surface area (Å²) in [6.45, 7) is 0. The lowest BCUT2D eigenvalue weighted by molar-refractivity contribution is -0.140. The third-order valence-corrected chi connectivity index (χ3v) is 4.24. The summed E-state index contributed by atoms with van der Waals surface area (Å²) in [4.78, 5) is 37.0. The lowest BCUT2D eigenvalue weighted by atomic mass is 10.0. The second kappa shape index (κ2) is 9.11. The van der Waals surface area contributed by atoms with Crippen molar-refractivity contribution in [1.29, 1.82) is 0 Å². The minimum atomic E-state index is -1.68. The summed E-state index contributed by atoms with van der Waals surface area (Å²) in [6.07, 6.45) is 0. The molecular formula is C19H19F2N3O5. The average molecular weight is 407 g/mol. The number of carbonyl (C=O) groups is 3. The van der Waals surface area contributed by atoms with Crippen molar-refractivity contribution in [2.24, 2.45) is 0 Å². The standard InChI is InChI=1S/C19H19F2N3O5/c1-22-17(25)16(18(26)23-28)24(2)19(27)10-4-6-12(14(20)8-10)13-7-5-11(29-3)9-15(13)21/h4-9,16,28H,1-3H3,(H,22,25)(H,23,26). The number of amides is 3. The van der Waals surface area contributed by atoms with Gasteiger partial charge in [0, 0.05) is 36.9 Å². The fourth-order valence-corrected chi connectivity index (χ4v) is 2.70. The zero-order valence-corrected chi connectivity index (χ0v) is 15.8. The molecule has 1 atom stereocenters. The van der Waals surface area contributed by atoms with E-state index < -0.39 is 35.4 Å². The van der Waals surface area contributed by atoms with Crippen molar-refractivity contribution in [2.45, 2.75) is 6.04 Å². The van der Waals surface area contributed by atoms with Crippen LogP contribution in [-0.4, -0.2) is 55.1 Å². The Bertz CT molecular complexity index is 935. The molecule has 0 fully saturated rings. The van der Waals surface area contributed by atoms with Gasteiger partial charge in [0.05, 0.1) is 7.11 Å². The van der Waals surface area contributed by atoms with E-state index in [2.05, 4.69) is 5.32 Å². The molecule has 2 aromatic carbocycles. The van der Waals surface area contributed by atoms with Gasteiger partial charge in [0.2, 0.25) is 0 Å². The number of nitrogens with zero attached hydrogens (tertiary/aromatic N) is 1. The predicted octanol–water partition coefficient (Wildman–Crippen LogP) is 1.33. The first-order valence-electron chi connectivity index (χ1n) is 8.31. The van der Waals surface area contributed by atoms with Crippen molar-refractivity contribution in [3.63, 3.8) is 0 Å². The van der Waals surface area contributed by atoms with E-state index in [1.807, 2.05) is 0 Å². The molecule has 8 nitrogen and oxygen atoms in total. The molecule has 0 spiro atoms. The third kappa shape index (κ3) is 4.49. The molecule has 29 heavy (non-hydrogen) atoms. The van der Waals surface area contributed by atoms with Crippen LogP contribution in [0.15, 0.2) is 36.4 Å². The molecule has 0 radical (unpaired) electrons. The fourth-order valence-electron chi connectivity index (χ4n) is 2.70. The van der Waals surface area contributed by atoms with Crippen molar-refractivity contribution < 1.29 is 33.1 Å². The summed E-state index contributed by atoms with van der Waals surface area (Å²) in [5.41, 5.74) is 1.01. The van der Waals surface area contributed by atoms with Gasteiger partial charge in [0.15, 0.2) is 6.04 Å². The molecule has 0 bridgehead atoms. The van der Waals surface area contributed by atoms with Crippen LogP contribution in [0.1, 0.15) is 10.4 Å². The quantitative estimate of drug-likeness (QED) is 0.380. The van der Waals surface area contributed by atoms with Crippen molar-refractivity contribution in [2.75, 3.05) is 21.2 Å².